The van der Waals surface area contributed by atoms with E-state index in [9.17, 15) is 4.79 Å². The Morgan fingerprint density at radius 3 is 2.53 bits per heavy atom. The third-order valence-corrected chi connectivity index (χ3v) is 6.46. The molecule has 0 unspecified atom stereocenters. The molecule has 158 valence electrons. The molecule has 3 aromatic rings. The van der Waals surface area contributed by atoms with Crippen molar-refractivity contribution in [1.82, 2.24) is 20.0 Å². The smallest absolute Gasteiger partial charge is 0.257 e. The molecule has 1 aliphatic heterocycles. The van der Waals surface area contributed by atoms with Gasteiger partial charge in [0, 0.05) is 31.9 Å². The van der Waals surface area contributed by atoms with Crippen molar-refractivity contribution in [3.8, 4) is 10.8 Å². The summed E-state index contributed by atoms with van der Waals surface area (Å²) < 4.78 is 5.89. The summed E-state index contributed by atoms with van der Waals surface area (Å²) in [6.45, 7) is 9.90. The Morgan fingerprint density at radius 1 is 1.13 bits per heavy atom. The van der Waals surface area contributed by atoms with E-state index < -0.39 is 0 Å². The predicted molar refractivity (Wildman–Crippen MR) is 119 cm³/mol. The number of piperazine rings is 1. The summed E-state index contributed by atoms with van der Waals surface area (Å²) in [6.07, 6.45) is 0. The summed E-state index contributed by atoms with van der Waals surface area (Å²) in [5, 5.41) is 13.5. The number of amides is 1. The van der Waals surface area contributed by atoms with Crippen molar-refractivity contribution < 1.29 is 9.21 Å². The van der Waals surface area contributed by atoms with Gasteiger partial charge >= 0.3 is 0 Å². The molecule has 3 heterocycles. The zero-order valence-electron chi connectivity index (χ0n) is 17.6. The molecule has 1 aromatic carbocycles. The molecule has 30 heavy (non-hydrogen) atoms. The van der Waals surface area contributed by atoms with Crippen LogP contribution in [-0.4, -0.2) is 58.6 Å². The second kappa shape index (κ2) is 9.07. The first-order valence-corrected chi connectivity index (χ1v) is 11.1. The number of benzene rings is 1. The van der Waals surface area contributed by atoms with Gasteiger partial charge in [-0.2, -0.15) is 0 Å². The second-order valence-corrected chi connectivity index (χ2v) is 8.67. The summed E-state index contributed by atoms with van der Waals surface area (Å²) in [6, 6.07) is 10.1. The third-order valence-electron chi connectivity index (χ3n) is 5.60. The molecule has 0 aliphatic carbocycles. The van der Waals surface area contributed by atoms with E-state index in [1.165, 1.54) is 0 Å². The average Bonchev–Trinajstić information content (AvgIpc) is 3.42. The molecule has 0 bridgehead atoms. The first-order valence-electron chi connectivity index (χ1n) is 10.2. The van der Waals surface area contributed by atoms with Gasteiger partial charge in [0.05, 0.1) is 17.5 Å². The first kappa shape index (κ1) is 20.7. The van der Waals surface area contributed by atoms with E-state index in [2.05, 4.69) is 32.2 Å². The van der Waals surface area contributed by atoms with Crippen molar-refractivity contribution in [2.24, 2.45) is 0 Å². The minimum atomic E-state index is 0.0337. The summed E-state index contributed by atoms with van der Waals surface area (Å²) in [5.74, 6) is 1.25. The van der Waals surface area contributed by atoms with Gasteiger partial charge in [0.25, 0.3) is 5.89 Å². The molecule has 1 fully saturated rings. The zero-order valence-corrected chi connectivity index (χ0v) is 18.4. The Hall–Kier alpha value is -2.55. The van der Waals surface area contributed by atoms with E-state index in [0.29, 0.717) is 18.3 Å². The van der Waals surface area contributed by atoms with Crippen LogP contribution < -0.4 is 5.32 Å². The maximum absolute atomic E-state index is 12.5. The molecule has 1 saturated heterocycles. The molecule has 2 aromatic heterocycles. The highest BCUT2D eigenvalue weighted by molar-refractivity contribution is 7.13. The predicted octanol–water partition coefficient (Wildman–Crippen LogP) is 3.73. The van der Waals surface area contributed by atoms with E-state index in [0.717, 1.165) is 47.9 Å². The molecule has 1 amide bonds. The number of rotatable bonds is 6. The number of hydrogen-bond donors (Lipinski definition) is 1. The van der Waals surface area contributed by atoms with Crippen molar-refractivity contribution in [2.45, 2.75) is 26.8 Å². The van der Waals surface area contributed by atoms with Crippen LogP contribution in [0.5, 0.6) is 0 Å². The summed E-state index contributed by atoms with van der Waals surface area (Å²) in [7, 11) is 0. The van der Waals surface area contributed by atoms with E-state index in [-0.39, 0.29) is 11.9 Å². The molecule has 4 rings (SSSR count). The number of nitrogens with zero attached hydrogens (tertiary/aromatic N) is 4. The molecule has 8 heteroatoms. The van der Waals surface area contributed by atoms with Gasteiger partial charge < -0.3 is 9.73 Å². The van der Waals surface area contributed by atoms with Crippen LogP contribution in [0.4, 0.5) is 5.69 Å². The van der Waals surface area contributed by atoms with Crippen molar-refractivity contribution in [1.29, 1.82) is 0 Å². The standard InChI is InChI=1S/C22H27N5O2S/c1-15-6-4-7-16(2)20(15)23-19(28)14-26-9-11-27(12-10-26)17(3)21-24-25-22(29-21)18-8-5-13-30-18/h4-8,13,17H,9-12,14H2,1-3H3,(H,23,28)/t17-/m1/s1. The van der Waals surface area contributed by atoms with Crippen LogP contribution in [0.2, 0.25) is 0 Å². The van der Waals surface area contributed by atoms with Crippen LogP contribution in [0.3, 0.4) is 0 Å². The fourth-order valence-corrected chi connectivity index (χ4v) is 4.41. The largest absolute Gasteiger partial charge is 0.418 e. The van der Waals surface area contributed by atoms with E-state index in [1.54, 1.807) is 11.3 Å². The van der Waals surface area contributed by atoms with Crippen LogP contribution >= 0.6 is 11.3 Å². The number of hydrogen-bond acceptors (Lipinski definition) is 7. The summed E-state index contributed by atoms with van der Waals surface area (Å²) >= 11 is 1.59. The van der Waals surface area contributed by atoms with Gasteiger partial charge in [-0.05, 0) is 43.3 Å². The Bertz CT molecular complexity index is 973. The van der Waals surface area contributed by atoms with Crippen molar-refractivity contribution in [2.75, 3.05) is 38.0 Å². The maximum atomic E-state index is 12.5. The average molecular weight is 426 g/mol. The van der Waals surface area contributed by atoms with Crippen LogP contribution in [0.25, 0.3) is 10.8 Å². The van der Waals surface area contributed by atoms with Gasteiger partial charge in [-0.25, -0.2) is 0 Å². The van der Waals surface area contributed by atoms with Crippen molar-refractivity contribution in [3.63, 3.8) is 0 Å². The van der Waals surface area contributed by atoms with Gasteiger partial charge in [-0.3, -0.25) is 14.6 Å². The Morgan fingerprint density at radius 2 is 1.87 bits per heavy atom. The molecular weight excluding hydrogens is 398 g/mol. The highest BCUT2D eigenvalue weighted by Crippen LogP contribution is 2.27. The van der Waals surface area contributed by atoms with E-state index in [1.807, 2.05) is 49.6 Å². The molecular formula is C22H27N5O2S. The number of para-hydroxylation sites is 1. The summed E-state index contributed by atoms with van der Waals surface area (Å²) in [5.41, 5.74) is 3.10. The van der Waals surface area contributed by atoms with Gasteiger partial charge in [0.2, 0.25) is 11.8 Å². The quantitative estimate of drug-likeness (QED) is 0.649. The minimum Gasteiger partial charge on any atom is -0.418 e. The van der Waals surface area contributed by atoms with Gasteiger partial charge in [0.1, 0.15) is 0 Å². The second-order valence-electron chi connectivity index (χ2n) is 7.73. The number of aromatic nitrogens is 2. The molecule has 0 radical (unpaired) electrons. The lowest BCUT2D eigenvalue weighted by atomic mass is 10.1. The number of nitrogens with one attached hydrogen (secondary N) is 1. The lowest BCUT2D eigenvalue weighted by molar-refractivity contribution is -0.117. The Kier molecular flexibility index (Phi) is 6.26. The number of carbonyl (C=O) groups excluding carboxylic acids is 1. The number of anilines is 1. The van der Waals surface area contributed by atoms with Gasteiger partial charge in [-0.1, -0.05) is 24.3 Å². The van der Waals surface area contributed by atoms with E-state index in [4.69, 9.17) is 4.42 Å². The fraction of sp³-hybridized carbons (Fsp3) is 0.409. The zero-order chi connectivity index (χ0) is 21.1. The number of aryl methyl sites for hydroxylation is 2. The maximum Gasteiger partial charge on any atom is 0.257 e. The van der Waals surface area contributed by atoms with Gasteiger partial charge in [-0.15, -0.1) is 21.5 Å². The van der Waals surface area contributed by atoms with Crippen LogP contribution in [0, 0.1) is 13.8 Å². The fourth-order valence-electron chi connectivity index (χ4n) is 3.76. The highest BCUT2D eigenvalue weighted by Gasteiger charge is 2.26. The third kappa shape index (κ3) is 4.61. The summed E-state index contributed by atoms with van der Waals surface area (Å²) in [4.78, 5) is 18.0. The Labute approximate surface area is 180 Å². The number of thiophene rings is 1. The lowest BCUT2D eigenvalue weighted by Gasteiger charge is -2.36. The highest BCUT2D eigenvalue weighted by atomic mass is 32.1. The number of carbonyl (C=O) groups is 1. The van der Waals surface area contributed by atoms with Crippen LogP contribution in [0.1, 0.15) is 30.0 Å². The lowest BCUT2D eigenvalue weighted by Crippen LogP contribution is -2.49. The van der Waals surface area contributed by atoms with Crippen LogP contribution in [-0.2, 0) is 4.79 Å². The van der Waals surface area contributed by atoms with Crippen LogP contribution in [0.15, 0.2) is 40.1 Å². The van der Waals surface area contributed by atoms with E-state index >= 15 is 0 Å². The SMILES string of the molecule is Cc1cccc(C)c1NC(=O)CN1CCN([C@H](C)c2nnc(-c3cccs3)o2)CC1. The monoisotopic (exact) mass is 425 g/mol. The molecule has 7 nitrogen and oxygen atoms in total. The molecule has 0 spiro atoms. The van der Waals surface area contributed by atoms with Crippen molar-refractivity contribution in [3.05, 3.63) is 52.7 Å². The van der Waals surface area contributed by atoms with Gasteiger partial charge in [0.15, 0.2) is 0 Å². The Balaban J connectivity index is 1.29. The first-order chi connectivity index (χ1) is 14.5. The molecule has 1 N–H and O–H groups in total. The normalized spacial score (nSPS) is 16.5. The minimum absolute atomic E-state index is 0.0337. The van der Waals surface area contributed by atoms with Crippen molar-refractivity contribution >= 4 is 22.9 Å². The topological polar surface area (TPSA) is 74.5 Å². The molecule has 1 atom stereocenters. The molecule has 0 saturated carbocycles. The molecule has 1 aliphatic rings.